The van der Waals surface area contributed by atoms with Crippen LogP contribution >= 0.6 is 15.9 Å². The molecule has 5 nitrogen and oxygen atoms in total. The Hall–Kier alpha value is -3.30. The van der Waals surface area contributed by atoms with Crippen molar-refractivity contribution in [2.75, 3.05) is 19.0 Å². The highest BCUT2D eigenvalue weighted by Crippen LogP contribution is 2.44. The Labute approximate surface area is 177 Å². The van der Waals surface area contributed by atoms with E-state index in [-0.39, 0.29) is 12.5 Å². The summed E-state index contributed by atoms with van der Waals surface area (Å²) in [5.74, 6) is 0.487. The van der Waals surface area contributed by atoms with Gasteiger partial charge in [0.25, 0.3) is 0 Å². The maximum atomic E-state index is 12.5. The van der Waals surface area contributed by atoms with Gasteiger partial charge in [-0.2, -0.15) is 5.26 Å². The van der Waals surface area contributed by atoms with E-state index < -0.39 is 6.09 Å². The van der Waals surface area contributed by atoms with Crippen LogP contribution in [-0.2, 0) is 4.74 Å². The highest BCUT2D eigenvalue weighted by molar-refractivity contribution is 9.10. The Kier molecular flexibility index (Phi) is 5.24. The molecule has 0 bridgehead atoms. The average molecular weight is 449 g/mol. The number of hydrogen-bond acceptors (Lipinski definition) is 4. The number of rotatable bonds is 4. The molecule has 0 fully saturated rings. The maximum Gasteiger partial charge on any atom is 0.411 e. The van der Waals surface area contributed by atoms with Crippen molar-refractivity contribution in [2.45, 2.75) is 5.92 Å². The SMILES string of the molecule is COc1cc(NC(=O)OCC2c3ccccc3-c3ccccc32)c(C#N)cc1Br. The molecule has 0 heterocycles. The zero-order valence-electron chi connectivity index (χ0n) is 15.6. The highest BCUT2D eigenvalue weighted by atomic mass is 79.9. The number of fused-ring (bicyclic) bond motifs is 3. The van der Waals surface area contributed by atoms with Crippen LogP contribution in [0.5, 0.6) is 5.75 Å². The quantitative estimate of drug-likeness (QED) is 0.556. The number of benzene rings is 3. The van der Waals surface area contributed by atoms with Crippen LogP contribution in [0.3, 0.4) is 0 Å². The van der Waals surface area contributed by atoms with Crippen LogP contribution < -0.4 is 10.1 Å². The number of hydrogen-bond donors (Lipinski definition) is 1. The molecule has 0 aromatic heterocycles. The summed E-state index contributed by atoms with van der Waals surface area (Å²) >= 11 is 3.33. The molecule has 0 aliphatic heterocycles. The standard InChI is InChI=1S/C23H17BrN2O3/c1-28-22-11-21(14(12-25)10-20(22)24)26-23(27)29-13-19-17-8-4-2-6-15(17)16-7-3-5-9-18(16)19/h2-11,19H,13H2,1H3,(H,26,27). The molecular weight excluding hydrogens is 432 g/mol. The van der Waals surface area contributed by atoms with Crippen LogP contribution in [0.1, 0.15) is 22.6 Å². The van der Waals surface area contributed by atoms with Crippen molar-refractivity contribution in [3.05, 3.63) is 81.8 Å². The van der Waals surface area contributed by atoms with Crippen LogP contribution in [0.4, 0.5) is 10.5 Å². The number of carbonyl (C=O) groups excluding carboxylic acids is 1. The van der Waals surface area contributed by atoms with Crippen molar-refractivity contribution in [3.63, 3.8) is 0 Å². The molecule has 1 N–H and O–H groups in total. The van der Waals surface area contributed by atoms with Crippen molar-refractivity contribution in [1.29, 1.82) is 5.26 Å². The number of nitrogens with one attached hydrogen (secondary N) is 1. The molecule has 1 amide bonds. The Balaban J connectivity index is 1.52. The van der Waals surface area contributed by atoms with Crippen molar-refractivity contribution in [1.82, 2.24) is 0 Å². The van der Waals surface area contributed by atoms with E-state index in [1.54, 1.807) is 12.1 Å². The normalized spacial score (nSPS) is 11.9. The Morgan fingerprint density at radius 3 is 2.31 bits per heavy atom. The van der Waals surface area contributed by atoms with Gasteiger partial charge in [-0.15, -0.1) is 0 Å². The van der Waals surface area contributed by atoms with E-state index in [0.717, 1.165) is 11.1 Å². The van der Waals surface area contributed by atoms with Crippen LogP contribution in [0.2, 0.25) is 0 Å². The van der Waals surface area contributed by atoms with E-state index in [1.807, 2.05) is 24.3 Å². The summed E-state index contributed by atoms with van der Waals surface area (Å²) in [7, 11) is 1.52. The van der Waals surface area contributed by atoms with Gasteiger partial charge in [-0.3, -0.25) is 5.32 Å². The molecule has 0 unspecified atom stereocenters. The Morgan fingerprint density at radius 1 is 1.10 bits per heavy atom. The molecule has 0 saturated heterocycles. The van der Waals surface area contributed by atoms with Crippen LogP contribution in [0.25, 0.3) is 11.1 Å². The predicted molar refractivity (Wildman–Crippen MR) is 114 cm³/mol. The van der Waals surface area contributed by atoms with E-state index in [4.69, 9.17) is 9.47 Å². The second-order valence-electron chi connectivity index (χ2n) is 6.59. The molecule has 4 rings (SSSR count). The fraction of sp³-hybridized carbons (Fsp3) is 0.130. The van der Waals surface area contributed by atoms with E-state index in [1.165, 1.54) is 18.2 Å². The third-order valence-electron chi connectivity index (χ3n) is 4.99. The van der Waals surface area contributed by atoms with Gasteiger partial charge >= 0.3 is 6.09 Å². The molecule has 0 radical (unpaired) electrons. The smallest absolute Gasteiger partial charge is 0.411 e. The Bertz CT molecular complexity index is 1090. The number of carbonyl (C=O) groups is 1. The maximum absolute atomic E-state index is 12.5. The molecule has 29 heavy (non-hydrogen) atoms. The highest BCUT2D eigenvalue weighted by Gasteiger charge is 2.29. The first-order valence-electron chi connectivity index (χ1n) is 9.02. The lowest BCUT2D eigenvalue weighted by atomic mass is 9.98. The number of anilines is 1. The van der Waals surface area contributed by atoms with Gasteiger partial charge in [-0.1, -0.05) is 48.5 Å². The van der Waals surface area contributed by atoms with Gasteiger partial charge in [-0.05, 0) is 44.3 Å². The van der Waals surface area contributed by atoms with Gasteiger partial charge in [-0.25, -0.2) is 4.79 Å². The van der Waals surface area contributed by atoms with Gasteiger partial charge in [0.05, 0.1) is 22.8 Å². The minimum Gasteiger partial charge on any atom is -0.495 e. The third-order valence-corrected chi connectivity index (χ3v) is 5.61. The fourth-order valence-corrected chi connectivity index (χ4v) is 4.16. The van der Waals surface area contributed by atoms with Crippen molar-refractivity contribution in [2.24, 2.45) is 0 Å². The van der Waals surface area contributed by atoms with Gasteiger partial charge < -0.3 is 9.47 Å². The number of nitrogens with zero attached hydrogens (tertiary/aromatic N) is 1. The van der Waals surface area contributed by atoms with E-state index in [0.29, 0.717) is 21.5 Å². The fourth-order valence-electron chi connectivity index (χ4n) is 3.65. The molecule has 0 saturated carbocycles. The lowest BCUT2D eigenvalue weighted by Crippen LogP contribution is -2.18. The molecule has 1 aliphatic carbocycles. The zero-order chi connectivity index (χ0) is 20.4. The first-order valence-corrected chi connectivity index (χ1v) is 9.81. The van der Waals surface area contributed by atoms with E-state index in [2.05, 4.69) is 51.6 Å². The van der Waals surface area contributed by atoms with Crippen LogP contribution in [0, 0.1) is 11.3 Å². The van der Waals surface area contributed by atoms with E-state index >= 15 is 0 Å². The predicted octanol–water partition coefficient (Wildman–Crippen LogP) is 5.69. The van der Waals surface area contributed by atoms with E-state index in [9.17, 15) is 10.1 Å². The molecule has 144 valence electrons. The molecule has 0 atom stereocenters. The van der Waals surface area contributed by atoms with Gasteiger partial charge in [0.1, 0.15) is 18.4 Å². The molecule has 3 aromatic rings. The van der Waals surface area contributed by atoms with Crippen LogP contribution in [0.15, 0.2) is 65.1 Å². The summed E-state index contributed by atoms with van der Waals surface area (Å²) in [5.41, 5.74) is 5.27. The summed E-state index contributed by atoms with van der Waals surface area (Å²) < 4.78 is 11.4. The first-order chi connectivity index (χ1) is 14.1. The monoisotopic (exact) mass is 448 g/mol. The number of halogens is 1. The average Bonchev–Trinajstić information content (AvgIpc) is 3.07. The van der Waals surface area contributed by atoms with Crippen molar-refractivity contribution >= 4 is 27.7 Å². The largest absolute Gasteiger partial charge is 0.495 e. The first kappa shape index (κ1) is 19.0. The minimum absolute atomic E-state index is 0.0250. The summed E-state index contributed by atoms with van der Waals surface area (Å²) in [6.45, 7) is 0.204. The van der Waals surface area contributed by atoms with Crippen LogP contribution in [-0.4, -0.2) is 19.8 Å². The summed E-state index contributed by atoms with van der Waals surface area (Å²) in [6.07, 6.45) is -0.618. The second-order valence-corrected chi connectivity index (χ2v) is 7.45. The second kappa shape index (κ2) is 7.98. The van der Waals surface area contributed by atoms with Crippen molar-refractivity contribution < 1.29 is 14.3 Å². The summed E-state index contributed by atoms with van der Waals surface area (Å²) in [4.78, 5) is 12.5. The molecule has 6 heteroatoms. The third kappa shape index (κ3) is 3.57. The van der Waals surface area contributed by atoms with Gasteiger partial charge in [0.15, 0.2) is 0 Å². The van der Waals surface area contributed by atoms with Gasteiger partial charge in [0.2, 0.25) is 0 Å². The summed E-state index contributed by atoms with van der Waals surface area (Å²) in [5, 5.41) is 12.0. The van der Waals surface area contributed by atoms with Crippen molar-refractivity contribution in [3.8, 4) is 22.9 Å². The number of ether oxygens (including phenoxy) is 2. The molecule has 0 spiro atoms. The molecule has 3 aromatic carbocycles. The molecule has 1 aliphatic rings. The topological polar surface area (TPSA) is 71.3 Å². The number of amides is 1. The van der Waals surface area contributed by atoms with Gasteiger partial charge in [0, 0.05) is 12.0 Å². The minimum atomic E-state index is -0.618. The lowest BCUT2D eigenvalue weighted by Gasteiger charge is -2.15. The number of nitriles is 1. The lowest BCUT2D eigenvalue weighted by molar-refractivity contribution is 0.158. The molecular formula is C23H17BrN2O3. The summed E-state index contributed by atoms with van der Waals surface area (Å²) in [6, 6.07) is 21.5. The Morgan fingerprint density at radius 2 is 1.72 bits per heavy atom. The number of methoxy groups -OCH3 is 1. The zero-order valence-corrected chi connectivity index (χ0v) is 17.2.